The third-order valence-corrected chi connectivity index (χ3v) is 4.91. The first-order chi connectivity index (χ1) is 7.25. The highest BCUT2D eigenvalue weighted by Gasteiger charge is 2.39. The van der Waals surface area contributed by atoms with Crippen molar-refractivity contribution in [2.75, 3.05) is 13.1 Å². The predicted molar refractivity (Wildman–Crippen MR) is 64.7 cm³/mol. The lowest BCUT2D eigenvalue weighted by Crippen LogP contribution is -2.40. The van der Waals surface area contributed by atoms with Crippen LogP contribution in [0.5, 0.6) is 0 Å². The molecule has 0 bridgehead atoms. The second kappa shape index (κ2) is 6.16. The van der Waals surface area contributed by atoms with Crippen LogP contribution in [0.1, 0.15) is 25.7 Å². The maximum absolute atomic E-state index is 10.2. The number of hydrogen-bond acceptors (Lipinski definition) is 4. The van der Waals surface area contributed by atoms with Gasteiger partial charge in [0, 0.05) is 9.34 Å². The number of aliphatic imine (C=N–C) groups is 2. The lowest BCUT2D eigenvalue weighted by molar-refractivity contribution is 0.229. The van der Waals surface area contributed by atoms with Crippen molar-refractivity contribution >= 4 is 34.8 Å². The Balaban J connectivity index is 2.80. The summed E-state index contributed by atoms with van der Waals surface area (Å²) >= 11 is 2.37. The smallest absolute Gasteiger partial charge is 0.211 e. The number of rotatable bonds is 4. The molecule has 0 heterocycles. The van der Waals surface area contributed by atoms with E-state index in [4.69, 9.17) is 0 Å². The second-order valence-corrected chi connectivity index (χ2v) is 5.39. The summed E-state index contributed by atoms with van der Waals surface area (Å²) in [7, 11) is 0. The molecule has 5 heteroatoms. The summed E-state index contributed by atoms with van der Waals surface area (Å²) in [6, 6.07) is 0. The molecular formula is C10H13IN2O2. The van der Waals surface area contributed by atoms with Crippen LogP contribution in [0.2, 0.25) is 0 Å². The van der Waals surface area contributed by atoms with E-state index in [1.165, 1.54) is 6.42 Å². The Morgan fingerprint density at radius 2 is 1.80 bits per heavy atom. The van der Waals surface area contributed by atoms with Gasteiger partial charge in [0.25, 0.3) is 0 Å². The first-order valence-corrected chi connectivity index (χ1v) is 6.21. The van der Waals surface area contributed by atoms with E-state index in [1.54, 1.807) is 12.2 Å². The van der Waals surface area contributed by atoms with Crippen molar-refractivity contribution in [3.8, 4) is 0 Å². The van der Waals surface area contributed by atoms with E-state index >= 15 is 0 Å². The Morgan fingerprint density at radius 3 is 2.27 bits per heavy atom. The van der Waals surface area contributed by atoms with Crippen LogP contribution in [-0.4, -0.2) is 29.2 Å². The minimum atomic E-state index is -0.131. The number of carbonyl (C=O) groups excluding carboxylic acids is 2. The number of halogens is 1. The molecule has 0 aliphatic heterocycles. The molecule has 1 rings (SSSR count). The summed E-state index contributed by atoms with van der Waals surface area (Å²) in [5.74, 6) is 0. The number of nitrogens with zero attached hydrogens (tertiary/aromatic N) is 2. The lowest BCUT2D eigenvalue weighted by atomic mass is 9.74. The summed E-state index contributed by atoms with van der Waals surface area (Å²) < 4.78 is 0.415. The van der Waals surface area contributed by atoms with Crippen molar-refractivity contribution in [2.24, 2.45) is 15.4 Å². The molecular weight excluding hydrogens is 307 g/mol. The first-order valence-electron chi connectivity index (χ1n) is 4.96. The van der Waals surface area contributed by atoms with Crippen LogP contribution in [0.4, 0.5) is 0 Å². The van der Waals surface area contributed by atoms with Gasteiger partial charge in [0.05, 0.1) is 13.1 Å². The molecule has 0 aromatic carbocycles. The van der Waals surface area contributed by atoms with E-state index < -0.39 is 0 Å². The Labute approximate surface area is 102 Å². The van der Waals surface area contributed by atoms with E-state index in [1.807, 2.05) is 0 Å². The Bertz CT molecular complexity index is 287. The standard InChI is InChI=1S/C10H13IN2O2/c11-9-3-1-2-4-10(9,5-12-7-14)6-13-8-15/h9H,1-6H2. The normalized spacial score (nSPS) is 30.1. The van der Waals surface area contributed by atoms with E-state index in [0.717, 1.165) is 19.3 Å². The summed E-state index contributed by atoms with van der Waals surface area (Å²) in [4.78, 5) is 27.7. The van der Waals surface area contributed by atoms with Gasteiger partial charge in [-0.3, -0.25) is 0 Å². The largest absolute Gasteiger partial charge is 0.234 e. The van der Waals surface area contributed by atoms with E-state index in [2.05, 4.69) is 32.6 Å². The molecule has 1 atom stereocenters. The summed E-state index contributed by atoms with van der Waals surface area (Å²) in [6.45, 7) is 0.852. The molecule has 0 amide bonds. The minimum Gasteiger partial charge on any atom is -0.211 e. The molecule has 0 N–H and O–H groups in total. The molecule has 1 aliphatic carbocycles. The molecule has 0 aromatic rings. The number of alkyl halides is 1. The second-order valence-electron chi connectivity index (χ2n) is 3.89. The zero-order valence-corrected chi connectivity index (χ0v) is 10.6. The molecule has 82 valence electrons. The van der Waals surface area contributed by atoms with E-state index in [0.29, 0.717) is 17.0 Å². The fraction of sp³-hybridized carbons (Fsp3) is 0.800. The van der Waals surface area contributed by atoms with Gasteiger partial charge < -0.3 is 0 Å². The number of isocyanates is 2. The highest BCUT2D eigenvalue weighted by atomic mass is 127. The van der Waals surface area contributed by atoms with Gasteiger partial charge in [0.2, 0.25) is 12.2 Å². The van der Waals surface area contributed by atoms with Gasteiger partial charge in [0.1, 0.15) is 0 Å². The molecule has 0 aromatic heterocycles. The Hall–Kier alpha value is -0.510. The van der Waals surface area contributed by atoms with Gasteiger partial charge in [-0.1, -0.05) is 35.4 Å². The quantitative estimate of drug-likeness (QED) is 0.344. The zero-order chi connectivity index (χ0) is 11.1. The maximum Gasteiger partial charge on any atom is 0.234 e. The average molecular weight is 320 g/mol. The van der Waals surface area contributed by atoms with Crippen LogP contribution < -0.4 is 0 Å². The van der Waals surface area contributed by atoms with E-state index in [9.17, 15) is 9.59 Å². The van der Waals surface area contributed by atoms with Crippen molar-refractivity contribution < 1.29 is 9.59 Å². The van der Waals surface area contributed by atoms with Gasteiger partial charge in [-0.05, 0) is 12.8 Å². The van der Waals surface area contributed by atoms with Gasteiger partial charge in [-0.2, -0.15) is 0 Å². The van der Waals surface area contributed by atoms with Crippen LogP contribution in [0.15, 0.2) is 9.98 Å². The molecule has 15 heavy (non-hydrogen) atoms. The van der Waals surface area contributed by atoms with Crippen molar-refractivity contribution in [1.29, 1.82) is 0 Å². The van der Waals surface area contributed by atoms with Crippen molar-refractivity contribution in [2.45, 2.75) is 29.6 Å². The van der Waals surface area contributed by atoms with E-state index in [-0.39, 0.29) is 5.41 Å². The Morgan fingerprint density at radius 1 is 1.20 bits per heavy atom. The molecule has 4 nitrogen and oxygen atoms in total. The maximum atomic E-state index is 10.2. The minimum absolute atomic E-state index is 0.131. The van der Waals surface area contributed by atoms with Crippen LogP contribution in [0.3, 0.4) is 0 Å². The fourth-order valence-electron chi connectivity index (χ4n) is 2.05. The molecule has 1 aliphatic rings. The van der Waals surface area contributed by atoms with Crippen LogP contribution in [0, 0.1) is 5.41 Å². The summed E-state index contributed by atoms with van der Waals surface area (Å²) in [5, 5.41) is 0. The lowest BCUT2D eigenvalue weighted by Gasteiger charge is -2.38. The molecule has 1 saturated carbocycles. The van der Waals surface area contributed by atoms with Crippen LogP contribution in [0.25, 0.3) is 0 Å². The van der Waals surface area contributed by atoms with Gasteiger partial charge in [-0.25, -0.2) is 19.6 Å². The third kappa shape index (κ3) is 3.23. The van der Waals surface area contributed by atoms with Crippen LogP contribution in [-0.2, 0) is 9.59 Å². The topological polar surface area (TPSA) is 58.9 Å². The van der Waals surface area contributed by atoms with Crippen LogP contribution >= 0.6 is 22.6 Å². The van der Waals surface area contributed by atoms with Crippen molar-refractivity contribution in [3.63, 3.8) is 0 Å². The predicted octanol–water partition coefficient (Wildman–Crippen LogP) is 2.02. The van der Waals surface area contributed by atoms with Crippen molar-refractivity contribution in [1.82, 2.24) is 0 Å². The molecule has 0 spiro atoms. The molecule has 1 unspecified atom stereocenters. The third-order valence-electron chi connectivity index (χ3n) is 2.96. The van der Waals surface area contributed by atoms with Gasteiger partial charge in [0.15, 0.2) is 0 Å². The van der Waals surface area contributed by atoms with Crippen molar-refractivity contribution in [3.05, 3.63) is 0 Å². The zero-order valence-electron chi connectivity index (χ0n) is 8.41. The number of hydrogen-bond donors (Lipinski definition) is 0. The highest BCUT2D eigenvalue weighted by molar-refractivity contribution is 14.1. The highest BCUT2D eigenvalue weighted by Crippen LogP contribution is 2.41. The first kappa shape index (κ1) is 12.6. The molecule has 1 fully saturated rings. The monoisotopic (exact) mass is 320 g/mol. The SMILES string of the molecule is O=C=NCC1(CN=C=O)CCCCC1I. The Kier molecular flexibility index (Phi) is 5.15. The van der Waals surface area contributed by atoms with Gasteiger partial charge >= 0.3 is 0 Å². The molecule has 0 saturated heterocycles. The fourth-order valence-corrected chi connectivity index (χ4v) is 3.19. The molecule has 0 radical (unpaired) electrons. The average Bonchev–Trinajstić information content (AvgIpc) is 2.27. The van der Waals surface area contributed by atoms with Gasteiger partial charge in [-0.15, -0.1) is 0 Å². The summed E-state index contributed by atoms with van der Waals surface area (Å²) in [6.07, 6.45) is 7.52. The summed E-state index contributed by atoms with van der Waals surface area (Å²) in [5.41, 5.74) is -0.131.